The first-order chi connectivity index (χ1) is 11.1. The Labute approximate surface area is 131 Å². The Bertz CT molecular complexity index is 742. The van der Waals surface area contributed by atoms with E-state index in [-0.39, 0.29) is 6.08 Å². The summed E-state index contributed by atoms with van der Waals surface area (Å²) in [6, 6.07) is 2.32. The minimum Gasteiger partial charge on any atom is -0.466 e. The van der Waals surface area contributed by atoms with Crippen LogP contribution in [0.3, 0.4) is 0 Å². The molecule has 0 atom stereocenters. The number of hydrogen-bond donors (Lipinski definition) is 0. The van der Waals surface area contributed by atoms with Gasteiger partial charge in [-0.2, -0.15) is 13.2 Å². The van der Waals surface area contributed by atoms with Crippen LogP contribution in [0.1, 0.15) is 5.56 Å². The summed E-state index contributed by atoms with van der Waals surface area (Å²) in [5.74, 6) is -1.32. The highest BCUT2D eigenvalue weighted by molar-refractivity contribution is 5.88. The van der Waals surface area contributed by atoms with E-state index in [0.29, 0.717) is 12.3 Å². The second-order valence-corrected chi connectivity index (χ2v) is 4.07. The molecule has 0 heterocycles. The van der Waals surface area contributed by atoms with Crippen molar-refractivity contribution in [3.8, 4) is 0 Å². The third kappa shape index (κ3) is 4.86. The Hall–Kier alpha value is -3.31. The van der Waals surface area contributed by atoms with Gasteiger partial charge in [0.25, 0.3) is 11.4 Å². The van der Waals surface area contributed by atoms with Crippen molar-refractivity contribution in [1.29, 1.82) is 0 Å². The van der Waals surface area contributed by atoms with E-state index < -0.39 is 44.6 Å². The predicted octanol–water partition coefficient (Wildman–Crippen LogP) is 2.54. The van der Waals surface area contributed by atoms with Gasteiger partial charge in [-0.1, -0.05) is 0 Å². The quantitative estimate of drug-likeness (QED) is 0.265. The number of rotatable bonds is 5. The van der Waals surface area contributed by atoms with Crippen LogP contribution in [0.25, 0.3) is 0 Å². The number of carbonyl (C=O) groups excluding carboxylic acids is 1. The van der Waals surface area contributed by atoms with E-state index in [1.807, 2.05) is 0 Å². The lowest BCUT2D eigenvalue weighted by Gasteiger charge is -2.06. The Morgan fingerprint density at radius 1 is 1.25 bits per heavy atom. The van der Waals surface area contributed by atoms with Crippen LogP contribution in [-0.4, -0.2) is 35.3 Å². The minimum atomic E-state index is -5.01. The molecule has 0 bridgehead atoms. The number of benzene rings is 1. The molecular weight excluding hydrogens is 339 g/mol. The molecule has 0 unspecified atom stereocenters. The van der Waals surface area contributed by atoms with Gasteiger partial charge in [-0.15, -0.1) is 0 Å². The number of methoxy groups -OCH3 is 1. The molecule has 0 aliphatic rings. The largest absolute Gasteiger partial charge is 0.466 e. The summed E-state index contributed by atoms with van der Waals surface area (Å²) in [6.45, 7) is 0. The normalized spacial score (nSPS) is 12.2. The SMILES string of the molecule is COC(=O)/C=C(\N=Cc1ccc([N+](=O)[O-])cc1[N+](=O)[O-])C(F)(F)F. The first-order valence-electron chi connectivity index (χ1n) is 5.90. The van der Waals surface area contributed by atoms with Crippen LogP contribution in [0.4, 0.5) is 24.5 Å². The number of allylic oxidation sites excluding steroid dienone is 1. The molecule has 0 fully saturated rings. The van der Waals surface area contributed by atoms with Gasteiger partial charge in [-0.25, -0.2) is 4.79 Å². The molecule has 128 valence electrons. The maximum Gasteiger partial charge on any atom is 0.433 e. The average Bonchev–Trinajstić information content (AvgIpc) is 2.49. The zero-order valence-electron chi connectivity index (χ0n) is 11.8. The third-order valence-electron chi connectivity index (χ3n) is 2.51. The molecule has 0 aliphatic carbocycles. The minimum absolute atomic E-state index is 0.0632. The summed E-state index contributed by atoms with van der Waals surface area (Å²) in [4.78, 5) is 33.5. The maximum absolute atomic E-state index is 12.7. The topological polar surface area (TPSA) is 125 Å². The average molecular weight is 347 g/mol. The highest BCUT2D eigenvalue weighted by Gasteiger charge is 2.34. The first-order valence-corrected chi connectivity index (χ1v) is 5.90. The predicted molar refractivity (Wildman–Crippen MR) is 73.5 cm³/mol. The number of ether oxygens (including phenoxy) is 1. The number of carbonyl (C=O) groups is 1. The Morgan fingerprint density at radius 2 is 1.88 bits per heavy atom. The lowest BCUT2D eigenvalue weighted by atomic mass is 10.2. The van der Waals surface area contributed by atoms with E-state index in [1.54, 1.807) is 0 Å². The van der Waals surface area contributed by atoms with Gasteiger partial charge in [0.2, 0.25) is 0 Å². The molecule has 1 aromatic carbocycles. The zero-order valence-corrected chi connectivity index (χ0v) is 11.8. The van der Waals surface area contributed by atoms with Crippen LogP contribution in [0.15, 0.2) is 35.0 Å². The van der Waals surface area contributed by atoms with E-state index in [4.69, 9.17) is 0 Å². The van der Waals surface area contributed by atoms with Gasteiger partial charge >= 0.3 is 12.1 Å². The molecule has 0 aliphatic heterocycles. The number of nitro benzene ring substituents is 2. The van der Waals surface area contributed by atoms with Crippen LogP contribution < -0.4 is 0 Å². The van der Waals surface area contributed by atoms with Gasteiger partial charge in [0.1, 0.15) is 0 Å². The van der Waals surface area contributed by atoms with E-state index in [9.17, 15) is 38.2 Å². The van der Waals surface area contributed by atoms with Crippen molar-refractivity contribution < 1.29 is 32.5 Å². The zero-order chi connectivity index (χ0) is 18.5. The molecule has 0 spiro atoms. The van der Waals surface area contributed by atoms with Gasteiger partial charge in [0, 0.05) is 12.3 Å². The molecule has 0 amide bonds. The van der Waals surface area contributed by atoms with Crippen molar-refractivity contribution in [2.45, 2.75) is 6.18 Å². The van der Waals surface area contributed by atoms with Crippen molar-refractivity contribution in [2.24, 2.45) is 4.99 Å². The maximum atomic E-state index is 12.7. The monoisotopic (exact) mass is 347 g/mol. The van der Waals surface area contributed by atoms with E-state index in [1.165, 1.54) is 0 Å². The Morgan fingerprint density at radius 3 is 2.33 bits per heavy atom. The highest BCUT2D eigenvalue weighted by atomic mass is 19.4. The van der Waals surface area contributed by atoms with Crippen molar-refractivity contribution in [1.82, 2.24) is 0 Å². The molecule has 12 heteroatoms. The van der Waals surface area contributed by atoms with Gasteiger partial charge in [-0.05, 0) is 6.07 Å². The molecule has 24 heavy (non-hydrogen) atoms. The van der Waals surface area contributed by atoms with Crippen LogP contribution >= 0.6 is 0 Å². The van der Waals surface area contributed by atoms with Crippen molar-refractivity contribution in [3.05, 3.63) is 55.8 Å². The fraction of sp³-hybridized carbons (Fsp3) is 0.167. The molecular formula is C12H8F3N3O6. The third-order valence-corrected chi connectivity index (χ3v) is 2.51. The lowest BCUT2D eigenvalue weighted by Crippen LogP contribution is -2.13. The fourth-order valence-electron chi connectivity index (χ4n) is 1.41. The van der Waals surface area contributed by atoms with Crippen LogP contribution in [0.5, 0.6) is 0 Å². The second-order valence-electron chi connectivity index (χ2n) is 4.07. The van der Waals surface area contributed by atoms with Gasteiger partial charge in [0.05, 0.1) is 34.7 Å². The molecule has 0 aromatic heterocycles. The number of esters is 1. The molecule has 9 nitrogen and oxygen atoms in total. The first kappa shape index (κ1) is 18.7. The number of alkyl halides is 3. The standard InChI is InChI=1S/C12H8F3N3O6/c1-24-11(19)5-10(12(13,14)15)16-6-7-2-3-8(17(20)21)4-9(7)18(22)23/h2-6H,1H3/b10-5-,16-6?. The summed E-state index contributed by atoms with van der Waals surface area (Å²) >= 11 is 0. The fourth-order valence-corrected chi connectivity index (χ4v) is 1.41. The Kier molecular flexibility index (Phi) is 5.70. The number of nitrogens with zero attached hydrogens (tertiary/aromatic N) is 3. The molecule has 0 radical (unpaired) electrons. The summed E-state index contributed by atoms with van der Waals surface area (Å²) in [7, 11) is 0.859. The van der Waals surface area contributed by atoms with E-state index in [0.717, 1.165) is 19.2 Å². The smallest absolute Gasteiger partial charge is 0.433 e. The summed E-state index contributed by atoms with van der Waals surface area (Å²) < 4.78 is 42.3. The number of hydrogen-bond acceptors (Lipinski definition) is 7. The van der Waals surface area contributed by atoms with E-state index >= 15 is 0 Å². The molecule has 0 saturated heterocycles. The van der Waals surface area contributed by atoms with E-state index in [2.05, 4.69) is 9.73 Å². The lowest BCUT2D eigenvalue weighted by molar-refractivity contribution is -0.394. The number of halogens is 3. The Balaban J connectivity index is 3.33. The van der Waals surface area contributed by atoms with Crippen molar-refractivity contribution in [3.63, 3.8) is 0 Å². The van der Waals surface area contributed by atoms with Crippen LogP contribution in [0.2, 0.25) is 0 Å². The molecule has 1 aromatic rings. The van der Waals surface area contributed by atoms with Crippen molar-refractivity contribution >= 4 is 23.6 Å². The van der Waals surface area contributed by atoms with Gasteiger partial charge in [-0.3, -0.25) is 25.2 Å². The summed E-state index contributed by atoms with van der Waals surface area (Å²) in [5, 5.41) is 21.5. The second kappa shape index (κ2) is 7.30. The highest BCUT2D eigenvalue weighted by Crippen LogP contribution is 2.28. The number of nitro groups is 2. The summed E-state index contributed by atoms with van der Waals surface area (Å²) in [6.07, 6.45) is -4.47. The molecule has 0 saturated carbocycles. The van der Waals surface area contributed by atoms with Crippen LogP contribution in [0, 0.1) is 20.2 Å². The summed E-state index contributed by atoms with van der Waals surface area (Å²) in [5.41, 5.74) is -3.49. The number of non-ortho nitro benzene ring substituents is 1. The molecule has 1 rings (SSSR count). The molecule has 0 N–H and O–H groups in total. The number of aliphatic imine (C=N–C) groups is 1. The van der Waals surface area contributed by atoms with Gasteiger partial charge in [0.15, 0.2) is 5.70 Å². The van der Waals surface area contributed by atoms with Gasteiger partial charge < -0.3 is 4.74 Å². The van der Waals surface area contributed by atoms with Crippen LogP contribution in [-0.2, 0) is 9.53 Å². The van der Waals surface area contributed by atoms with Crippen molar-refractivity contribution in [2.75, 3.05) is 7.11 Å².